The van der Waals surface area contributed by atoms with Crippen molar-refractivity contribution < 1.29 is 14.3 Å². The lowest BCUT2D eigenvalue weighted by Gasteiger charge is -2.10. The Morgan fingerprint density at radius 2 is 1.90 bits per heavy atom. The zero-order valence-corrected chi connectivity index (χ0v) is 11.7. The second kappa shape index (κ2) is 6.76. The van der Waals surface area contributed by atoms with E-state index in [1.807, 2.05) is 36.4 Å². The molecule has 0 aliphatic carbocycles. The normalized spacial score (nSPS) is 11.6. The molecule has 0 saturated heterocycles. The standard InChI is InChI=1S/C14H12N2O4S/c15-13(17)10(8-20-14(18)16-19)12-7-6-11(21-12)9-4-2-1-3-5-9/h1-7,10H,8H2,(H2,15,17). The molecule has 0 bridgehead atoms. The average Bonchev–Trinajstić information content (AvgIpc) is 2.97. The van der Waals surface area contributed by atoms with Crippen LogP contribution in [0.5, 0.6) is 0 Å². The number of hydrogen-bond acceptors (Lipinski definition) is 5. The SMILES string of the molecule is NC(=O)C(COC(=O)N=O)c1ccc(-c2ccccc2)s1. The second-order valence-corrected chi connectivity index (χ2v) is 5.31. The van der Waals surface area contributed by atoms with E-state index in [1.165, 1.54) is 11.3 Å². The number of benzene rings is 1. The molecule has 0 saturated carbocycles. The van der Waals surface area contributed by atoms with Crippen LogP contribution in [-0.2, 0) is 9.53 Å². The minimum atomic E-state index is -1.26. The molecule has 2 rings (SSSR count). The van der Waals surface area contributed by atoms with E-state index < -0.39 is 17.9 Å². The summed E-state index contributed by atoms with van der Waals surface area (Å²) < 4.78 is 4.57. The Balaban J connectivity index is 2.18. The van der Waals surface area contributed by atoms with Crippen molar-refractivity contribution in [2.75, 3.05) is 6.61 Å². The van der Waals surface area contributed by atoms with Gasteiger partial charge in [-0.1, -0.05) is 30.3 Å². The zero-order valence-electron chi connectivity index (χ0n) is 10.9. The number of hydrogen-bond donors (Lipinski definition) is 1. The summed E-state index contributed by atoms with van der Waals surface area (Å²) >= 11 is 1.38. The van der Waals surface area contributed by atoms with E-state index in [0.717, 1.165) is 10.4 Å². The van der Waals surface area contributed by atoms with Crippen LogP contribution >= 0.6 is 11.3 Å². The number of nitrogens with two attached hydrogens (primary N) is 1. The molecule has 2 N–H and O–H groups in total. The fraction of sp³-hybridized carbons (Fsp3) is 0.143. The average molecular weight is 304 g/mol. The summed E-state index contributed by atoms with van der Waals surface area (Å²) in [6, 6.07) is 13.3. The van der Waals surface area contributed by atoms with Crippen molar-refractivity contribution in [1.29, 1.82) is 0 Å². The van der Waals surface area contributed by atoms with E-state index in [4.69, 9.17) is 5.73 Å². The maximum Gasteiger partial charge on any atom is 0.470 e. The first kappa shape index (κ1) is 14.9. The van der Waals surface area contributed by atoms with E-state index in [9.17, 15) is 14.5 Å². The van der Waals surface area contributed by atoms with Gasteiger partial charge in [-0.3, -0.25) is 4.79 Å². The number of nitrogens with zero attached hydrogens (tertiary/aromatic N) is 1. The van der Waals surface area contributed by atoms with Gasteiger partial charge in [-0.2, -0.15) is 0 Å². The Morgan fingerprint density at radius 1 is 1.19 bits per heavy atom. The highest BCUT2D eigenvalue weighted by molar-refractivity contribution is 7.15. The van der Waals surface area contributed by atoms with Gasteiger partial charge in [0.15, 0.2) is 0 Å². The van der Waals surface area contributed by atoms with E-state index in [-0.39, 0.29) is 6.61 Å². The zero-order chi connectivity index (χ0) is 15.2. The number of thiophene rings is 1. The van der Waals surface area contributed by atoms with Gasteiger partial charge in [0.2, 0.25) is 5.91 Å². The largest absolute Gasteiger partial charge is 0.470 e. The van der Waals surface area contributed by atoms with Crippen molar-refractivity contribution in [3.05, 3.63) is 52.2 Å². The Hall–Kier alpha value is -2.54. The molecule has 7 heteroatoms. The van der Waals surface area contributed by atoms with Crippen LogP contribution in [0.3, 0.4) is 0 Å². The van der Waals surface area contributed by atoms with E-state index in [0.29, 0.717) is 4.88 Å². The van der Waals surface area contributed by atoms with Gasteiger partial charge in [-0.05, 0) is 17.7 Å². The van der Waals surface area contributed by atoms with Crippen LogP contribution in [0.15, 0.2) is 47.6 Å². The fourth-order valence-electron chi connectivity index (χ4n) is 1.78. The van der Waals surface area contributed by atoms with Gasteiger partial charge in [0.05, 0.1) is 5.18 Å². The van der Waals surface area contributed by atoms with Crippen molar-refractivity contribution in [1.82, 2.24) is 0 Å². The van der Waals surface area contributed by atoms with Gasteiger partial charge >= 0.3 is 6.09 Å². The summed E-state index contributed by atoms with van der Waals surface area (Å²) in [5, 5.41) is 2.11. The minimum Gasteiger partial charge on any atom is -0.445 e. The summed E-state index contributed by atoms with van der Waals surface area (Å²) in [6.45, 7) is -0.297. The second-order valence-electron chi connectivity index (χ2n) is 4.19. The van der Waals surface area contributed by atoms with Gasteiger partial charge in [-0.15, -0.1) is 16.2 Å². The van der Waals surface area contributed by atoms with Crippen LogP contribution in [0.1, 0.15) is 10.8 Å². The van der Waals surface area contributed by atoms with Gasteiger partial charge in [0.25, 0.3) is 0 Å². The maximum atomic E-state index is 11.5. The van der Waals surface area contributed by atoms with E-state index in [2.05, 4.69) is 9.91 Å². The molecule has 0 radical (unpaired) electrons. The number of carbonyl (C=O) groups is 2. The van der Waals surface area contributed by atoms with Crippen molar-refractivity contribution >= 4 is 23.3 Å². The summed E-state index contributed by atoms with van der Waals surface area (Å²) in [5.74, 6) is -1.42. The first-order valence-electron chi connectivity index (χ1n) is 6.06. The minimum absolute atomic E-state index is 0.297. The number of primary amides is 1. The molecule has 1 atom stereocenters. The molecule has 21 heavy (non-hydrogen) atoms. The molecule has 2 aromatic rings. The molecular formula is C14H12N2O4S. The third-order valence-corrected chi connectivity index (χ3v) is 4.07. The molecule has 0 aliphatic rings. The monoisotopic (exact) mass is 304 g/mol. The van der Waals surface area contributed by atoms with Crippen molar-refractivity contribution in [3.63, 3.8) is 0 Å². The molecule has 108 valence electrons. The summed E-state index contributed by atoms with van der Waals surface area (Å²) in [4.78, 5) is 33.8. The topological polar surface area (TPSA) is 98.8 Å². The summed E-state index contributed by atoms with van der Waals surface area (Å²) in [6.07, 6.45) is -1.26. The number of nitroso groups, excluding NO2 is 1. The molecule has 0 fully saturated rings. The first-order valence-corrected chi connectivity index (χ1v) is 6.88. The van der Waals surface area contributed by atoms with Crippen LogP contribution in [0.2, 0.25) is 0 Å². The molecule has 1 aromatic heterocycles. The van der Waals surface area contributed by atoms with Crippen LogP contribution in [0.25, 0.3) is 10.4 Å². The fourth-order valence-corrected chi connectivity index (χ4v) is 2.89. The molecule has 2 amide bonds. The van der Waals surface area contributed by atoms with Crippen LogP contribution < -0.4 is 5.73 Å². The lowest BCUT2D eigenvalue weighted by atomic mass is 10.1. The van der Waals surface area contributed by atoms with E-state index >= 15 is 0 Å². The molecule has 1 aromatic carbocycles. The Bertz CT molecular complexity index is 654. The highest BCUT2D eigenvalue weighted by Gasteiger charge is 2.22. The lowest BCUT2D eigenvalue weighted by molar-refractivity contribution is -0.120. The molecule has 0 aliphatic heterocycles. The Morgan fingerprint density at radius 3 is 2.52 bits per heavy atom. The van der Waals surface area contributed by atoms with E-state index in [1.54, 1.807) is 6.07 Å². The number of carbonyl (C=O) groups excluding carboxylic acids is 2. The van der Waals surface area contributed by atoms with Gasteiger partial charge in [0.1, 0.15) is 12.5 Å². The van der Waals surface area contributed by atoms with Gasteiger partial charge in [0, 0.05) is 9.75 Å². The third kappa shape index (κ3) is 3.73. The predicted molar refractivity (Wildman–Crippen MR) is 78.8 cm³/mol. The third-order valence-electron chi connectivity index (χ3n) is 2.82. The smallest absolute Gasteiger partial charge is 0.445 e. The number of ether oxygens (including phenoxy) is 1. The summed E-state index contributed by atoms with van der Waals surface area (Å²) in [7, 11) is 0. The van der Waals surface area contributed by atoms with Crippen molar-refractivity contribution in [2.45, 2.75) is 5.92 Å². The predicted octanol–water partition coefficient (Wildman–Crippen LogP) is 2.89. The molecular weight excluding hydrogens is 292 g/mol. The highest BCUT2D eigenvalue weighted by atomic mass is 32.1. The Kier molecular flexibility index (Phi) is 4.78. The molecule has 1 heterocycles. The van der Waals surface area contributed by atoms with Crippen LogP contribution in [0, 0.1) is 4.91 Å². The first-order chi connectivity index (χ1) is 10.1. The quantitative estimate of drug-likeness (QED) is 0.858. The van der Waals surface area contributed by atoms with Crippen molar-refractivity contribution in [2.24, 2.45) is 10.9 Å². The molecule has 6 nitrogen and oxygen atoms in total. The molecule has 0 spiro atoms. The molecule has 1 unspecified atom stereocenters. The van der Waals surface area contributed by atoms with Gasteiger partial charge < -0.3 is 10.5 Å². The number of amides is 2. The highest BCUT2D eigenvalue weighted by Crippen LogP contribution is 2.32. The van der Waals surface area contributed by atoms with Gasteiger partial charge in [-0.25, -0.2) is 4.79 Å². The van der Waals surface area contributed by atoms with Crippen molar-refractivity contribution in [3.8, 4) is 10.4 Å². The maximum absolute atomic E-state index is 11.5. The lowest BCUT2D eigenvalue weighted by Crippen LogP contribution is -2.25. The Labute approximate surface area is 124 Å². The summed E-state index contributed by atoms with van der Waals surface area (Å²) in [5.41, 5.74) is 6.33. The van der Waals surface area contributed by atoms with Crippen LogP contribution in [0.4, 0.5) is 4.79 Å². The van der Waals surface area contributed by atoms with Crippen LogP contribution in [-0.4, -0.2) is 18.6 Å². The number of rotatable bonds is 5.